The minimum Gasteiger partial charge on any atom is -0.383 e. The smallest absolute Gasteiger partial charge is 0.275 e. The van der Waals surface area contributed by atoms with Crippen LogP contribution in [0.15, 0.2) is 17.1 Å². The number of nitrogens with zero attached hydrogens (tertiary/aromatic N) is 2. The first-order valence-corrected chi connectivity index (χ1v) is 3.85. The van der Waals surface area contributed by atoms with Gasteiger partial charge in [0.25, 0.3) is 5.56 Å². The van der Waals surface area contributed by atoms with Gasteiger partial charge >= 0.3 is 0 Å². The third-order valence-electron chi connectivity index (χ3n) is 1.64. The first kappa shape index (κ1) is 8.00. The Bertz CT molecular complexity index is 521. The summed E-state index contributed by atoms with van der Waals surface area (Å²) in [5, 5.41) is 7.03. The van der Waals surface area contributed by atoms with Crippen LogP contribution in [0.1, 0.15) is 0 Å². The van der Waals surface area contributed by atoms with E-state index in [4.69, 9.17) is 17.3 Å². The van der Waals surface area contributed by atoms with Crippen molar-refractivity contribution in [2.45, 2.75) is 0 Å². The zero-order valence-corrected chi connectivity index (χ0v) is 7.17. The van der Waals surface area contributed by atoms with Gasteiger partial charge in [0, 0.05) is 5.39 Å². The van der Waals surface area contributed by atoms with Crippen molar-refractivity contribution in [1.82, 2.24) is 15.2 Å². The molecule has 66 valence electrons. The quantitative estimate of drug-likeness (QED) is 0.603. The van der Waals surface area contributed by atoms with Gasteiger partial charge in [0.1, 0.15) is 11.0 Å². The Hall–Kier alpha value is -1.62. The summed E-state index contributed by atoms with van der Waals surface area (Å²) in [6.45, 7) is 0. The molecule has 0 unspecified atom stereocenters. The molecule has 0 bridgehead atoms. The number of hydrogen-bond donors (Lipinski definition) is 2. The molecule has 0 spiro atoms. The van der Waals surface area contributed by atoms with Crippen LogP contribution in [0, 0.1) is 0 Å². The molecule has 0 atom stereocenters. The monoisotopic (exact) mass is 196 g/mol. The summed E-state index contributed by atoms with van der Waals surface area (Å²) < 4.78 is 0. The van der Waals surface area contributed by atoms with Crippen molar-refractivity contribution in [1.29, 1.82) is 0 Å². The molecule has 0 aliphatic rings. The predicted octanol–water partition coefficient (Wildman–Crippen LogP) is 0.554. The SMILES string of the molecule is Nc1nc(Cl)cc2cn[nH]c(=O)c12. The third-order valence-corrected chi connectivity index (χ3v) is 1.84. The van der Waals surface area contributed by atoms with Crippen molar-refractivity contribution in [3.8, 4) is 0 Å². The van der Waals surface area contributed by atoms with Gasteiger partial charge in [0.2, 0.25) is 0 Å². The molecule has 3 N–H and O–H groups in total. The van der Waals surface area contributed by atoms with Crippen molar-refractivity contribution in [3.63, 3.8) is 0 Å². The summed E-state index contributed by atoms with van der Waals surface area (Å²) in [5.74, 6) is 0.117. The first-order chi connectivity index (χ1) is 6.18. The summed E-state index contributed by atoms with van der Waals surface area (Å²) >= 11 is 5.65. The van der Waals surface area contributed by atoms with Gasteiger partial charge in [-0.25, -0.2) is 10.1 Å². The molecule has 0 radical (unpaired) electrons. The van der Waals surface area contributed by atoms with E-state index in [0.29, 0.717) is 10.8 Å². The van der Waals surface area contributed by atoms with Crippen LogP contribution in [-0.4, -0.2) is 15.2 Å². The molecule has 0 aliphatic heterocycles. The summed E-state index contributed by atoms with van der Waals surface area (Å²) in [5.41, 5.74) is 5.15. The molecule has 0 fully saturated rings. The number of fused-ring (bicyclic) bond motifs is 1. The summed E-state index contributed by atoms with van der Waals surface area (Å²) in [7, 11) is 0. The maximum absolute atomic E-state index is 11.2. The maximum Gasteiger partial charge on any atom is 0.275 e. The standard InChI is InChI=1S/C7H5ClN4O/c8-4-1-3-2-10-12-7(13)5(3)6(9)11-4/h1-2H,(H2,9,11)(H,12,13). The molecular weight excluding hydrogens is 192 g/mol. The molecule has 0 saturated carbocycles. The minimum atomic E-state index is -0.362. The average molecular weight is 197 g/mol. The van der Waals surface area contributed by atoms with Gasteiger partial charge < -0.3 is 5.73 Å². The molecule has 2 rings (SSSR count). The topological polar surface area (TPSA) is 84.7 Å². The Kier molecular flexibility index (Phi) is 1.66. The largest absolute Gasteiger partial charge is 0.383 e. The lowest BCUT2D eigenvalue weighted by Crippen LogP contribution is -2.10. The summed E-state index contributed by atoms with van der Waals surface area (Å²) in [4.78, 5) is 15.0. The van der Waals surface area contributed by atoms with Crippen molar-refractivity contribution in [2.75, 3.05) is 5.73 Å². The zero-order chi connectivity index (χ0) is 9.42. The highest BCUT2D eigenvalue weighted by atomic mass is 35.5. The number of aromatic nitrogens is 3. The van der Waals surface area contributed by atoms with Crippen LogP contribution in [-0.2, 0) is 0 Å². The molecule has 2 heterocycles. The Morgan fingerprint density at radius 1 is 1.54 bits per heavy atom. The molecule has 0 amide bonds. The van der Waals surface area contributed by atoms with Crippen LogP contribution in [0.25, 0.3) is 10.8 Å². The van der Waals surface area contributed by atoms with E-state index < -0.39 is 0 Å². The lowest BCUT2D eigenvalue weighted by molar-refractivity contribution is 1.01. The lowest BCUT2D eigenvalue weighted by atomic mass is 10.2. The fourth-order valence-electron chi connectivity index (χ4n) is 1.12. The molecule has 5 nitrogen and oxygen atoms in total. The van der Waals surface area contributed by atoms with E-state index in [-0.39, 0.29) is 16.5 Å². The maximum atomic E-state index is 11.2. The second kappa shape index (κ2) is 2.70. The number of anilines is 1. The van der Waals surface area contributed by atoms with Gasteiger partial charge in [-0.1, -0.05) is 11.6 Å². The van der Waals surface area contributed by atoms with Gasteiger partial charge in [0.15, 0.2) is 0 Å². The molecule has 0 aliphatic carbocycles. The second-order valence-corrected chi connectivity index (χ2v) is 2.88. The van der Waals surface area contributed by atoms with E-state index in [0.717, 1.165) is 0 Å². The van der Waals surface area contributed by atoms with Crippen LogP contribution in [0.2, 0.25) is 5.15 Å². The van der Waals surface area contributed by atoms with Gasteiger partial charge in [-0.05, 0) is 6.07 Å². The highest BCUT2D eigenvalue weighted by Crippen LogP contribution is 2.17. The highest BCUT2D eigenvalue weighted by Gasteiger charge is 2.05. The Morgan fingerprint density at radius 2 is 2.31 bits per heavy atom. The van der Waals surface area contributed by atoms with Crippen molar-refractivity contribution >= 4 is 28.2 Å². The van der Waals surface area contributed by atoms with Crippen molar-refractivity contribution < 1.29 is 0 Å². The van der Waals surface area contributed by atoms with E-state index >= 15 is 0 Å². The normalized spacial score (nSPS) is 10.5. The van der Waals surface area contributed by atoms with Gasteiger partial charge in [-0.2, -0.15) is 5.10 Å². The Morgan fingerprint density at radius 3 is 3.08 bits per heavy atom. The van der Waals surface area contributed by atoms with Gasteiger partial charge in [-0.3, -0.25) is 4.79 Å². The number of rotatable bonds is 0. The predicted molar refractivity (Wildman–Crippen MR) is 49.6 cm³/mol. The van der Waals surface area contributed by atoms with Gasteiger partial charge in [-0.15, -0.1) is 0 Å². The van der Waals surface area contributed by atoms with E-state index in [2.05, 4.69) is 15.2 Å². The molecule has 0 saturated heterocycles. The van der Waals surface area contributed by atoms with Crippen molar-refractivity contribution in [2.24, 2.45) is 0 Å². The highest BCUT2D eigenvalue weighted by molar-refractivity contribution is 6.30. The number of hydrogen-bond acceptors (Lipinski definition) is 4. The van der Waals surface area contributed by atoms with E-state index in [1.54, 1.807) is 0 Å². The van der Waals surface area contributed by atoms with Crippen LogP contribution in [0.5, 0.6) is 0 Å². The number of nitrogens with one attached hydrogen (secondary N) is 1. The number of nitrogen functional groups attached to an aromatic ring is 1. The van der Waals surface area contributed by atoms with Crippen LogP contribution < -0.4 is 11.3 Å². The van der Waals surface area contributed by atoms with E-state index in [1.807, 2.05) is 0 Å². The minimum absolute atomic E-state index is 0.117. The fraction of sp³-hybridized carbons (Fsp3) is 0. The lowest BCUT2D eigenvalue weighted by Gasteiger charge is -1.99. The number of halogens is 1. The number of nitrogens with two attached hydrogens (primary N) is 1. The Labute approximate surface area is 77.5 Å². The summed E-state index contributed by atoms with van der Waals surface area (Å²) in [6, 6.07) is 1.54. The van der Waals surface area contributed by atoms with Crippen molar-refractivity contribution in [3.05, 3.63) is 27.8 Å². The van der Waals surface area contributed by atoms with Crippen LogP contribution >= 0.6 is 11.6 Å². The number of pyridine rings is 1. The average Bonchev–Trinajstić information content (AvgIpc) is 2.02. The van der Waals surface area contributed by atoms with E-state index in [9.17, 15) is 4.79 Å². The first-order valence-electron chi connectivity index (χ1n) is 3.48. The fourth-order valence-corrected chi connectivity index (χ4v) is 1.33. The number of H-pyrrole nitrogens is 1. The molecule has 13 heavy (non-hydrogen) atoms. The van der Waals surface area contributed by atoms with Crippen LogP contribution in [0.3, 0.4) is 0 Å². The molecule has 2 aromatic rings. The third kappa shape index (κ3) is 1.23. The molecule has 6 heteroatoms. The number of aromatic amines is 1. The molecule has 0 aromatic carbocycles. The summed E-state index contributed by atoms with van der Waals surface area (Å²) in [6.07, 6.45) is 1.47. The molecular formula is C7H5ClN4O. The van der Waals surface area contributed by atoms with Crippen LogP contribution in [0.4, 0.5) is 5.82 Å². The van der Waals surface area contributed by atoms with Gasteiger partial charge in [0.05, 0.1) is 11.6 Å². The molecule has 2 aromatic heterocycles. The van der Waals surface area contributed by atoms with E-state index in [1.165, 1.54) is 12.3 Å². The Balaban J connectivity index is 3.03. The second-order valence-electron chi connectivity index (χ2n) is 2.49. The zero-order valence-electron chi connectivity index (χ0n) is 6.41.